The van der Waals surface area contributed by atoms with Crippen LogP contribution in [0.25, 0.3) is 0 Å². The monoisotopic (exact) mass is 373 g/mol. The molecule has 4 heteroatoms. The molecule has 0 aliphatic rings. The number of hydrogen-bond donors (Lipinski definition) is 0. The number of aromatic nitrogens is 1. The van der Waals surface area contributed by atoms with Gasteiger partial charge in [-0.25, -0.2) is 0 Å². The summed E-state index contributed by atoms with van der Waals surface area (Å²) in [6.07, 6.45) is 4.49. The Balaban J connectivity index is 2.20. The molecule has 1 heterocycles. The fourth-order valence-electron chi connectivity index (χ4n) is 1.59. The highest BCUT2D eigenvalue weighted by molar-refractivity contribution is 9.10. The molecule has 2 rings (SSSR count). The van der Waals surface area contributed by atoms with Gasteiger partial charge in [0.1, 0.15) is 0 Å². The van der Waals surface area contributed by atoms with Crippen LogP contribution < -0.4 is 0 Å². The van der Waals surface area contributed by atoms with Gasteiger partial charge in [-0.15, -0.1) is 0 Å². The van der Waals surface area contributed by atoms with Crippen LogP contribution in [0, 0.1) is 0 Å². The average molecular weight is 375 g/mol. The topological polar surface area (TPSA) is 12.9 Å². The van der Waals surface area contributed by atoms with Gasteiger partial charge in [-0.1, -0.05) is 43.5 Å². The minimum atomic E-state index is 0.204. The van der Waals surface area contributed by atoms with Gasteiger partial charge in [-0.3, -0.25) is 4.98 Å². The van der Waals surface area contributed by atoms with Gasteiger partial charge in [0.2, 0.25) is 0 Å². The van der Waals surface area contributed by atoms with Crippen molar-refractivity contribution in [3.8, 4) is 0 Å². The van der Waals surface area contributed by atoms with Crippen molar-refractivity contribution < 1.29 is 0 Å². The minimum absolute atomic E-state index is 0.204. The molecule has 0 aliphatic heterocycles. The second-order valence-electron chi connectivity index (χ2n) is 3.69. The third-order valence-corrected chi connectivity index (χ3v) is 4.11. The van der Waals surface area contributed by atoms with Gasteiger partial charge in [-0.2, -0.15) is 0 Å². The normalized spacial score (nSPS) is 12.4. The molecule has 88 valence electrons. The molecular weight excluding hydrogens is 365 g/mol. The van der Waals surface area contributed by atoms with E-state index in [1.165, 1.54) is 5.56 Å². The Morgan fingerprint density at radius 2 is 1.88 bits per heavy atom. The summed E-state index contributed by atoms with van der Waals surface area (Å²) >= 11 is 13.3. The smallest absolute Gasteiger partial charge is 0.0450 e. The van der Waals surface area contributed by atoms with E-state index in [4.69, 9.17) is 11.6 Å². The summed E-state index contributed by atoms with van der Waals surface area (Å²) in [5.41, 5.74) is 2.33. The number of halogens is 3. The maximum atomic E-state index is 6.19. The molecule has 1 unspecified atom stereocenters. The molecule has 0 saturated heterocycles. The van der Waals surface area contributed by atoms with Crippen LogP contribution in [0.2, 0.25) is 5.02 Å². The number of hydrogen-bond acceptors (Lipinski definition) is 1. The molecule has 0 radical (unpaired) electrons. The molecule has 1 atom stereocenters. The SMILES string of the molecule is Clc1ccc(Br)cc1C(Br)Cc1ccncc1. The van der Waals surface area contributed by atoms with E-state index >= 15 is 0 Å². The highest BCUT2D eigenvalue weighted by Crippen LogP contribution is 2.34. The summed E-state index contributed by atoms with van der Waals surface area (Å²) in [6, 6.07) is 9.92. The largest absolute Gasteiger partial charge is 0.265 e. The van der Waals surface area contributed by atoms with E-state index in [2.05, 4.69) is 36.8 Å². The van der Waals surface area contributed by atoms with Crippen molar-refractivity contribution in [3.63, 3.8) is 0 Å². The lowest BCUT2D eigenvalue weighted by Crippen LogP contribution is -1.96. The maximum Gasteiger partial charge on any atom is 0.0450 e. The average Bonchev–Trinajstić information content (AvgIpc) is 2.33. The van der Waals surface area contributed by atoms with Gasteiger partial charge in [0.05, 0.1) is 0 Å². The first kappa shape index (κ1) is 13.1. The molecule has 0 saturated carbocycles. The van der Waals surface area contributed by atoms with Crippen molar-refractivity contribution in [1.29, 1.82) is 0 Å². The van der Waals surface area contributed by atoms with Crippen molar-refractivity contribution in [2.24, 2.45) is 0 Å². The summed E-state index contributed by atoms with van der Waals surface area (Å²) in [7, 11) is 0. The van der Waals surface area contributed by atoms with Crippen molar-refractivity contribution in [2.75, 3.05) is 0 Å². The van der Waals surface area contributed by atoms with E-state index < -0.39 is 0 Å². The maximum absolute atomic E-state index is 6.19. The molecule has 1 aromatic carbocycles. The Morgan fingerprint density at radius 3 is 2.59 bits per heavy atom. The van der Waals surface area contributed by atoms with Crippen LogP contribution in [0.5, 0.6) is 0 Å². The first-order valence-corrected chi connectivity index (χ1v) is 7.23. The predicted octanol–water partition coefficient (Wildman–Crippen LogP) is 5.18. The number of pyridine rings is 1. The zero-order valence-electron chi connectivity index (χ0n) is 8.91. The van der Waals surface area contributed by atoms with E-state index in [0.29, 0.717) is 0 Å². The quantitative estimate of drug-likeness (QED) is 0.674. The van der Waals surface area contributed by atoms with Crippen LogP contribution >= 0.6 is 43.5 Å². The summed E-state index contributed by atoms with van der Waals surface area (Å²) < 4.78 is 1.04. The molecule has 1 nitrogen and oxygen atoms in total. The fraction of sp³-hybridized carbons (Fsp3) is 0.154. The first-order valence-electron chi connectivity index (χ1n) is 5.15. The van der Waals surface area contributed by atoms with E-state index in [-0.39, 0.29) is 4.83 Å². The van der Waals surface area contributed by atoms with Crippen molar-refractivity contribution >= 4 is 43.5 Å². The van der Waals surface area contributed by atoms with Crippen LogP contribution in [0.3, 0.4) is 0 Å². The molecule has 1 aromatic heterocycles. The van der Waals surface area contributed by atoms with Crippen LogP contribution in [-0.2, 0) is 6.42 Å². The first-order chi connectivity index (χ1) is 8.16. The third-order valence-electron chi connectivity index (χ3n) is 2.46. The minimum Gasteiger partial charge on any atom is -0.265 e. The summed E-state index contributed by atoms with van der Waals surface area (Å²) in [4.78, 5) is 4.21. The van der Waals surface area contributed by atoms with Crippen LogP contribution in [0.4, 0.5) is 0 Å². The second kappa shape index (κ2) is 5.98. The standard InChI is InChI=1S/C13H10Br2ClN/c14-10-1-2-13(16)11(8-10)12(15)7-9-3-5-17-6-4-9/h1-6,8,12H,7H2. The van der Waals surface area contributed by atoms with Crippen molar-refractivity contribution in [1.82, 2.24) is 4.98 Å². The predicted molar refractivity (Wildman–Crippen MR) is 78.8 cm³/mol. The number of benzene rings is 1. The Morgan fingerprint density at radius 1 is 1.18 bits per heavy atom. The fourth-order valence-corrected chi connectivity index (χ4v) is 3.10. The molecule has 0 bridgehead atoms. The molecule has 0 fully saturated rings. The zero-order chi connectivity index (χ0) is 12.3. The lowest BCUT2D eigenvalue weighted by Gasteiger charge is -2.12. The van der Waals surface area contributed by atoms with Gasteiger partial charge in [-0.05, 0) is 47.9 Å². The summed E-state index contributed by atoms with van der Waals surface area (Å²) in [5.74, 6) is 0. The highest BCUT2D eigenvalue weighted by Gasteiger charge is 2.12. The van der Waals surface area contributed by atoms with E-state index in [1.807, 2.05) is 30.3 Å². The van der Waals surface area contributed by atoms with Crippen LogP contribution in [-0.4, -0.2) is 4.98 Å². The van der Waals surface area contributed by atoms with Crippen LogP contribution in [0.15, 0.2) is 47.2 Å². The molecule has 0 N–H and O–H groups in total. The lowest BCUT2D eigenvalue weighted by molar-refractivity contribution is 0.944. The van der Waals surface area contributed by atoms with E-state index in [0.717, 1.165) is 21.5 Å². The zero-order valence-corrected chi connectivity index (χ0v) is 12.8. The highest BCUT2D eigenvalue weighted by atomic mass is 79.9. The van der Waals surface area contributed by atoms with Crippen molar-refractivity contribution in [3.05, 3.63) is 63.3 Å². The number of nitrogens with zero attached hydrogens (tertiary/aromatic N) is 1. The Hall–Kier alpha value is -0.380. The molecule has 17 heavy (non-hydrogen) atoms. The third kappa shape index (κ3) is 3.54. The van der Waals surface area contributed by atoms with Gasteiger partial charge < -0.3 is 0 Å². The van der Waals surface area contributed by atoms with Gasteiger partial charge in [0, 0.05) is 26.7 Å². The van der Waals surface area contributed by atoms with Gasteiger partial charge in [0.25, 0.3) is 0 Å². The van der Waals surface area contributed by atoms with Gasteiger partial charge in [0.15, 0.2) is 0 Å². The summed E-state index contributed by atoms with van der Waals surface area (Å²) in [5, 5.41) is 0.782. The van der Waals surface area contributed by atoms with Crippen LogP contribution in [0.1, 0.15) is 16.0 Å². The van der Waals surface area contributed by atoms with E-state index in [9.17, 15) is 0 Å². The Kier molecular flexibility index (Phi) is 4.60. The number of rotatable bonds is 3. The molecule has 0 amide bonds. The molecule has 0 spiro atoms. The molecule has 0 aliphatic carbocycles. The van der Waals surface area contributed by atoms with Crippen molar-refractivity contribution in [2.45, 2.75) is 11.2 Å². The summed E-state index contributed by atoms with van der Waals surface area (Å²) in [6.45, 7) is 0. The Bertz CT molecular complexity index is 502. The second-order valence-corrected chi connectivity index (χ2v) is 6.12. The van der Waals surface area contributed by atoms with E-state index in [1.54, 1.807) is 12.4 Å². The number of alkyl halides is 1. The lowest BCUT2D eigenvalue weighted by atomic mass is 10.1. The van der Waals surface area contributed by atoms with Gasteiger partial charge >= 0.3 is 0 Å². The molecule has 2 aromatic rings. The molecular formula is C13H10Br2ClN. The Labute approximate surface area is 122 Å².